The summed E-state index contributed by atoms with van der Waals surface area (Å²) < 4.78 is 0. The molecule has 1 unspecified atom stereocenters. The monoisotopic (exact) mass is 165 g/mol. The van der Waals surface area contributed by atoms with Crippen LogP contribution >= 0.6 is 11.8 Å². The molecular formula is C8H7NOS. The molecule has 3 heteroatoms. The van der Waals surface area contributed by atoms with Crippen LogP contribution in [0.3, 0.4) is 0 Å². The highest BCUT2D eigenvalue weighted by atomic mass is 32.2. The van der Waals surface area contributed by atoms with Gasteiger partial charge in [-0.25, -0.2) is 0 Å². The van der Waals surface area contributed by atoms with Crippen LogP contribution in [-0.4, -0.2) is 16.9 Å². The molecule has 2 rings (SSSR count). The van der Waals surface area contributed by atoms with Crippen molar-refractivity contribution in [2.75, 3.05) is 0 Å². The molecule has 0 fully saturated rings. The van der Waals surface area contributed by atoms with Crippen LogP contribution in [-0.2, 0) is 0 Å². The predicted molar refractivity (Wildman–Crippen MR) is 47.4 cm³/mol. The van der Waals surface area contributed by atoms with Crippen LogP contribution in [0.2, 0.25) is 0 Å². The molecule has 11 heavy (non-hydrogen) atoms. The van der Waals surface area contributed by atoms with Crippen molar-refractivity contribution in [3.05, 3.63) is 34.7 Å². The molecule has 0 saturated heterocycles. The van der Waals surface area contributed by atoms with Gasteiger partial charge in [0.25, 0.3) is 0 Å². The average Bonchev–Trinajstić information content (AvgIpc) is 2.24. The fraction of sp³-hybridized carbons (Fsp3) is 0.125. The SMILES string of the molecule is OC12C=CSC=CC1=CN=C2. The molecule has 0 saturated carbocycles. The van der Waals surface area contributed by atoms with E-state index in [4.69, 9.17) is 0 Å². The number of hydrogen-bond acceptors (Lipinski definition) is 3. The first kappa shape index (κ1) is 6.88. The Morgan fingerprint density at radius 3 is 3.27 bits per heavy atom. The maximum Gasteiger partial charge on any atom is 0.145 e. The van der Waals surface area contributed by atoms with Crippen molar-refractivity contribution >= 4 is 18.0 Å². The molecule has 0 bridgehead atoms. The van der Waals surface area contributed by atoms with Crippen LogP contribution in [0.5, 0.6) is 0 Å². The van der Waals surface area contributed by atoms with Crippen molar-refractivity contribution in [1.82, 2.24) is 0 Å². The number of fused-ring (bicyclic) bond motifs is 1. The minimum atomic E-state index is -0.944. The Kier molecular flexibility index (Phi) is 1.47. The molecule has 2 aliphatic heterocycles. The lowest BCUT2D eigenvalue weighted by Crippen LogP contribution is -2.26. The molecule has 56 valence electrons. The van der Waals surface area contributed by atoms with Crippen LogP contribution in [0.15, 0.2) is 39.7 Å². The van der Waals surface area contributed by atoms with Gasteiger partial charge in [-0.1, -0.05) is 0 Å². The number of aliphatic imine (C=N–C) groups is 1. The summed E-state index contributed by atoms with van der Waals surface area (Å²) in [5.41, 5.74) is -0.112. The van der Waals surface area contributed by atoms with E-state index < -0.39 is 5.60 Å². The molecule has 0 aromatic heterocycles. The molecule has 2 heterocycles. The van der Waals surface area contributed by atoms with E-state index in [1.807, 2.05) is 16.9 Å². The van der Waals surface area contributed by atoms with Crippen LogP contribution < -0.4 is 0 Å². The Labute approximate surface area is 69.0 Å². The first-order valence-corrected chi connectivity index (χ1v) is 4.23. The summed E-state index contributed by atoms with van der Waals surface area (Å²) in [4.78, 5) is 3.89. The van der Waals surface area contributed by atoms with Gasteiger partial charge in [-0.05, 0) is 23.0 Å². The van der Waals surface area contributed by atoms with Crippen molar-refractivity contribution in [3.63, 3.8) is 0 Å². The van der Waals surface area contributed by atoms with Crippen molar-refractivity contribution in [2.45, 2.75) is 5.60 Å². The topological polar surface area (TPSA) is 32.6 Å². The van der Waals surface area contributed by atoms with Gasteiger partial charge in [-0.2, -0.15) is 0 Å². The third-order valence-corrected chi connectivity index (χ3v) is 2.26. The summed E-state index contributed by atoms with van der Waals surface area (Å²) in [6.45, 7) is 0. The lowest BCUT2D eigenvalue weighted by atomic mass is 9.98. The average molecular weight is 165 g/mol. The van der Waals surface area contributed by atoms with Gasteiger partial charge in [-0.3, -0.25) is 4.99 Å². The van der Waals surface area contributed by atoms with Gasteiger partial charge in [0.05, 0.1) is 0 Å². The predicted octanol–water partition coefficient (Wildman–Crippen LogP) is 1.46. The van der Waals surface area contributed by atoms with E-state index in [0.29, 0.717) is 0 Å². The second kappa shape index (κ2) is 2.36. The van der Waals surface area contributed by atoms with Gasteiger partial charge in [0.2, 0.25) is 0 Å². The molecule has 1 N–H and O–H groups in total. The van der Waals surface area contributed by atoms with Crippen LogP contribution in [0.4, 0.5) is 0 Å². The summed E-state index contributed by atoms with van der Waals surface area (Å²) in [6.07, 6.45) is 6.82. The van der Waals surface area contributed by atoms with Crippen molar-refractivity contribution in [2.24, 2.45) is 4.99 Å². The zero-order chi connectivity index (χ0) is 7.73. The molecule has 2 nitrogen and oxygen atoms in total. The summed E-state index contributed by atoms with van der Waals surface area (Å²) in [7, 11) is 0. The molecule has 0 amide bonds. The van der Waals surface area contributed by atoms with Gasteiger partial charge >= 0.3 is 0 Å². The molecule has 0 aliphatic carbocycles. The van der Waals surface area contributed by atoms with Crippen LogP contribution in [0, 0.1) is 0 Å². The standard InChI is InChI=1S/C8H7NOS/c10-8-2-4-11-3-1-7(8)5-9-6-8/h1-6,10H. The Hall–Kier alpha value is -0.800. The normalized spacial score (nSPS) is 33.4. The highest BCUT2D eigenvalue weighted by Gasteiger charge is 2.28. The van der Waals surface area contributed by atoms with Crippen molar-refractivity contribution < 1.29 is 5.11 Å². The third-order valence-electron chi connectivity index (χ3n) is 1.67. The second-order valence-corrected chi connectivity index (χ2v) is 3.25. The van der Waals surface area contributed by atoms with E-state index >= 15 is 0 Å². The van der Waals surface area contributed by atoms with E-state index in [1.165, 1.54) is 6.21 Å². The van der Waals surface area contributed by atoms with E-state index in [9.17, 15) is 5.11 Å². The minimum Gasteiger partial charge on any atom is -0.376 e. The number of hydrogen-bond donors (Lipinski definition) is 1. The zero-order valence-electron chi connectivity index (χ0n) is 5.77. The van der Waals surface area contributed by atoms with E-state index in [1.54, 1.807) is 24.0 Å². The lowest BCUT2D eigenvalue weighted by molar-refractivity contribution is 0.213. The summed E-state index contributed by atoms with van der Waals surface area (Å²) in [5.74, 6) is 0. The highest BCUT2D eigenvalue weighted by molar-refractivity contribution is 8.04. The van der Waals surface area contributed by atoms with Crippen LogP contribution in [0.1, 0.15) is 0 Å². The highest BCUT2D eigenvalue weighted by Crippen LogP contribution is 2.27. The van der Waals surface area contributed by atoms with E-state index in [2.05, 4.69) is 4.99 Å². The first-order chi connectivity index (χ1) is 5.31. The fourth-order valence-corrected chi connectivity index (χ4v) is 1.63. The maximum absolute atomic E-state index is 9.82. The van der Waals surface area contributed by atoms with Gasteiger partial charge in [0, 0.05) is 18.0 Å². The van der Waals surface area contributed by atoms with Gasteiger partial charge in [0.15, 0.2) is 0 Å². The molecule has 1 atom stereocenters. The Morgan fingerprint density at radius 2 is 2.36 bits per heavy atom. The molecule has 0 radical (unpaired) electrons. The third kappa shape index (κ3) is 1.06. The summed E-state index contributed by atoms with van der Waals surface area (Å²) in [6, 6.07) is 0. The Balaban J connectivity index is 2.47. The largest absolute Gasteiger partial charge is 0.376 e. The van der Waals surface area contributed by atoms with Crippen LogP contribution in [0.25, 0.3) is 0 Å². The number of aliphatic hydroxyl groups is 1. The smallest absolute Gasteiger partial charge is 0.145 e. The molecular weight excluding hydrogens is 158 g/mol. The Morgan fingerprint density at radius 1 is 1.45 bits per heavy atom. The van der Waals surface area contributed by atoms with E-state index in [0.717, 1.165) is 5.57 Å². The number of thioether (sulfide) groups is 1. The van der Waals surface area contributed by atoms with Crippen molar-refractivity contribution in [3.8, 4) is 0 Å². The minimum absolute atomic E-state index is 0.832. The second-order valence-electron chi connectivity index (χ2n) is 2.43. The van der Waals surface area contributed by atoms with Gasteiger partial charge in [0.1, 0.15) is 5.60 Å². The lowest BCUT2D eigenvalue weighted by Gasteiger charge is -2.14. The maximum atomic E-state index is 9.82. The fourth-order valence-electron chi connectivity index (χ4n) is 1.03. The Bertz CT molecular complexity index is 290. The molecule has 2 aliphatic rings. The first-order valence-electron chi connectivity index (χ1n) is 3.28. The summed E-state index contributed by atoms with van der Waals surface area (Å²) in [5, 5.41) is 13.6. The number of rotatable bonds is 0. The zero-order valence-corrected chi connectivity index (χ0v) is 6.58. The van der Waals surface area contributed by atoms with E-state index in [-0.39, 0.29) is 0 Å². The quantitative estimate of drug-likeness (QED) is 0.589. The molecule has 0 aromatic rings. The summed E-state index contributed by atoms with van der Waals surface area (Å²) >= 11 is 1.55. The molecule has 0 spiro atoms. The van der Waals surface area contributed by atoms with Gasteiger partial charge in [-0.15, -0.1) is 11.8 Å². The van der Waals surface area contributed by atoms with Gasteiger partial charge < -0.3 is 5.11 Å². The number of nitrogens with zero attached hydrogens (tertiary/aromatic N) is 1. The molecule has 0 aromatic carbocycles. The van der Waals surface area contributed by atoms with Crippen molar-refractivity contribution in [1.29, 1.82) is 0 Å².